The summed E-state index contributed by atoms with van der Waals surface area (Å²) in [4.78, 5) is 0. The second kappa shape index (κ2) is 6.32. The van der Waals surface area contributed by atoms with Crippen LogP contribution in [0.15, 0.2) is 12.3 Å². The Morgan fingerprint density at radius 2 is 1.44 bits per heavy atom. The zero-order valence-corrected chi connectivity index (χ0v) is 10.6. The highest BCUT2D eigenvalue weighted by Gasteiger charge is 2.19. The Bertz CT molecular complexity index is 207. The van der Waals surface area contributed by atoms with Crippen molar-refractivity contribution >= 4 is 0 Å². The van der Waals surface area contributed by atoms with Crippen molar-refractivity contribution in [2.24, 2.45) is 11.8 Å². The molecule has 0 bridgehead atoms. The van der Waals surface area contributed by atoms with Crippen LogP contribution in [0.4, 0.5) is 0 Å². The van der Waals surface area contributed by atoms with Gasteiger partial charge in [0.25, 0.3) is 0 Å². The summed E-state index contributed by atoms with van der Waals surface area (Å²) in [6, 6.07) is 0. The monoisotopic (exact) mass is 221 g/mol. The van der Waals surface area contributed by atoms with E-state index in [-0.39, 0.29) is 0 Å². The van der Waals surface area contributed by atoms with E-state index in [1.54, 1.807) is 0 Å². The molecule has 0 amide bonds. The molecule has 0 aromatic carbocycles. The van der Waals surface area contributed by atoms with Crippen LogP contribution in [0.2, 0.25) is 0 Å². The molecule has 0 aliphatic heterocycles. The Kier molecular flexibility index (Phi) is 4.74. The maximum Gasteiger partial charge on any atom is 0.0172 e. The average molecular weight is 221 g/mol. The third-order valence-electron chi connectivity index (χ3n) is 4.44. The maximum atomic E-state index is 4.23. The molecular formula is C15H27N. The van der Waals surface area contributed by atoms with Gasteiger partial charge in [-0.05, 0) is 37.5 Å². The van der Waals surface area contributed by atoms with Crippen molar-refractivity contribution in [3.8, 4) is 0 Å². The summed E-state index contributed by atoms with van der Waals surface area (Å²) in [5.41, 5.74) is 1.33. The second-order valence-electron chi connectivity index (χ2n) is 5.75. The third kappa shape index (κ3) is 3.54. The van der Waals surface area contributed by atoms with E-state index in [1.807, 2.05) is 0 Å². The molecule has 0 spiro atoms. The predicted molar refractivity (Wildman–Crippen MR) is 70.3 cm³/mol. The lowest BCUT2D eigenvalue weighted by molar-refractivity contribution is 0.428. The Balaban J connectivity index is 1.67. The summed E-state index contributed by atoms with van der Waals surface area (Å²) in [6.45, 7) is 5.42. The molecule has 2 fully saturated rings. The highest BCUT2D eigenvalue weighted by Crippen LogP contribution is 2.29. The molecule has 0 saturated heterocycles. The minimum Gasteiger partial charge on any atom is -0.388 e. The summed E-state index contributed by atoms with van der Waals surface area (Å²) >= 11 is 0. The molecule has 0 aromatic heterocycles. The first kappa shape index (κ1) is 12.0. The van der Waals surface area contributed by atoms with Crippen molar-refractivity contribution in [2.75, 3.05) is 6.54 Å². The molecule has 1 heteroatoms. The molecule has 92 valence electrons. The molecule has 2 aliphatic rings. The van der Waals surface area contributed by atoms with Gasteiger partial charge in [0.05, 0.1) is 0 Å². The van der Waals surface area contributed by atoms with Gasteiger partial charge >= 0.3 is 0 Å². The predicted octanol–water partition coefficient (Wildman–Crippen LogP) is 4.25. The van der Waals surface area contributed by atoms with Crippen LogP contribution in [-0.4, -0.2) is 6.54 Å². The molecule has 2 saturated carbocycles. The van der Waals surface area contributed by atoms with Gasteiger partial charge in [0, 0.05) is 12.2 Å². The van der Waals surface area contributed by atoms with Gasteiger partial charge in [0.2, 0.25) is 0 Å². The molecule has 1 nitrogen and oxygen atoms in total. The van der Waals surface area contributed by atoms with E-state index in [9.17, 15) is 0 Å². The van der Waals surface area contributed by atoms with E-state index >= 15 is 0 Å². The summed E-state index contributed by atoms with van der Waals surface area (Å²) in [6.07, 6.45) is 14.2. The van der Waals surface area contributed by atoms with E-state index in [0.29, 0.717) is 0 Å². The lowest BCUT2D eigenvalue weighted by atomic mass is 9.99. The number of rotatable bonds is 4. The molecule has 0 heterocycles. The fourth-order valence-electron chi connectivity index (χ4n) is 3.26. The second-order valence-corrected chi connectivity index (χ2v) is 5.75. The van der Waals surface area contributed by atoms with Crippen molar-refractivity contribution < 1.29 is 0 Å². The molecule has 0 aromatic rings. The van der Waals surface area contributed by atoms with Crippen molar-refractivity contribution in [3.05, 3.63) is 12.3 Å². The molecule has 16 heavy (non-hydrogen) atoms. The normalized spacial score (nSPS) is 24.2. The largest absolute Gasteiger partial charge is 0.388 e. The molecule has 0 atom stereocenters. The van der Waals surface area contributed by atoms with Crippen LogP contribution < -0.4 is 5.32 Å². The first-order chi connectivity index (χ1) is 7.86. The molecule has 0 unspecified atom stereocenters. The lowest BCUT2D eigenvalue weighted by Gasteiger charge is -2.20. The van der Waals surface area contributed by atoms with Crippen molar-refractivity contribution in [2.45, 2.75) is 64.2 Å². The molecule has 2 rings (SSSR count). The lowest BCUT2D eigenvalue weighted by Crippen LogP contribution is -2.24. The number of hydrogen-bond donors (Lipinski definition) is 1. The van der Waals surface area contributed by atoms with Crippen molar-refractivity contribution in [1.82, 2.24) is 5.32 Å². The average Bonchev–Trinajstić information content (AvgIpc) is 2.71. The Labute approximate surface area is 101 Å². The SMILES string of the molecule is C=C(NCC1CCCCCC1)C1CCCC1. The smallest absolute Gasteiger partial charge is 0.0172 e. The van der Waals surface area contributed by atoms with Gasteiger partial charge in [0.1, 0.15) is 0 Å². The van der Waals surface area contributed by atoms with Gasteiger partial charge < -0.3 is 5.32 Å². The van der Waals surface area contributed by atoms with Gasteiger partial charge in [-0.15, -0.1) is 0 Å². The topological polar surface area (TPSA) is 12.0 Å². The number of nitrogens with one attached hydrogen (secondary N) is 1. The van der Waals surface area contributed by atoms with Gasteiger partial charge in [-0.3, -0.25) is 0 Å². The first-order valence-corrected chi connectivity index (χ1v) is 7.29. The standard InChI is InChI=1S/C15H27N/c1-13(15-10-6-7-11-15)16-12-14-8-4-2-3-5-9-14/h14-16H,1-12H2. The van der Waals surface area contributed by atoms with Gasteiger partial charge in [-0.2, -0.15) is 0 Å². The molecule has 0 radical (unpaired) electrons. The number of hydrogen-bond acceptors (Lipinski definition) is 1. The van der Waals surface area contributed by atoms with Crippen LogP contribution in [0, 0.1) is 11.8 Å². The minimum absolute atomic E-state index is 0.783. The Morgan fingerprint density at radius 3 is 2.06 bits per heavy atom. The van der Waals surface area contributed by atoms with E-state index in [2.05, 4.69) is 11.9 Å². The zero-order chi connectivity index (χ0) is 11.2. The van der Waals surface area contributed by atoms with Crippen LogP contribution in [-0.2, 0) is 0 Å². The summed E-state index contributed by atoms with van der Waals surface area (Å²) < 4.78 is 0. The van der Waals surface area contributed by atoms with Crippen molar-refractivity contribution in [3.63, 3.8) is 0 Å². The highest BCUT2D eigenvalue weighted by molar-refractivity contribution is 5.00. The molecule has 2 aliphatic carbocycles. The highest BCUT2D eigenvalue weighted by atomic mass is 14.9. The van der Waals surface area contributed by atoms with E-state index in [0.717, 1.165) is 11.8 Å². The fourth-order valence-corrected chi connectivity index (χ4v) is 3.26. The fraction of sp³-hybridized carbons (Fsp3) is 0.867. The van der Waals surface area contributed by atoms with Gasteiger partial charge in [-0.25, -0.2) is 0 Å². The van der Waals surface area contributed by atoms with Crippen LogP contribution in [0.1, 0.15) is 64.2 Å². The van der Waals surface area contributed by atoms with Crippen LogP contribution >= 0.6 is 0 Å². The van der Waals surface area contributed by atoms with E-state index < -0.39 is 0 Å². The Hall–Kier alpha value is -0.460. The molecule has 1 N–H and O–H groups in total. The van der Waals surface area contributed by atoms with Gasteiger partial charge in [0.15, 0.2) is 0 Å². The summed E-state index contributed by atoms with van der Waals surface area (Å²) in [5, 5.41) is 3.63. The molecular weight excluding hydrogens is 194 g/mol. The van der Waals surface area contributed by atoms with Crippen LogP contribution in [0.3, 0.4) is 0 Å². The van der Waals surface area contributed by atoms with E-state index in [4.69, 9.17) is 0 Å². The van der Waals surface area contributed by atoms with Crippen LogP contribution in [0.5, 0.6) is 0 Å². The first-order valence-electron chi connectivity index (χ1n) is 7.29. The van der Waals surface area contributed by atoms with Crippen molar-refractivity contribution in [1.29, 1.82) is 0 Å². The maximum absolute atomic E-state index is 4.23. The zero-order valence-electron chi connectivity index (χ0n) is 10.6. The quantitative estimate of drug-likeness (QED) is 0.700. The number of allylic oxidation sites excluding steroid dienone is 1. The minimum atomic E-state index is 0.783. The summed E-state index contributed by atoms with van der Waals surface area (Å²) in [5.74, 6) is 1.70. The summed E-state index contributed by atoms with van der Waals surface area (Å²) in [7, 11) is 0. The third-order valence-corrected chi connectivity index (χ3v) is 4.44. The van der Waals surface area contributed by atoms with Gasteiger partial charge in [-0.1, -0.05) is 45.1 Å². The van der Waals surface area contributed by atoms with E-state index in [1.165, 1.54) is 76.5 Å². The Morgan fingerprint density at radius 1 is 0.875 bits per heavy atom. The van der Waals surface area contributed by atoms with Crippen LogP contribution in [0.25, 0.3) is 0 Å².